The summed E-state index contributed by atoms with van der Waals surface area (Å²) in [5, 5.41) is 0. The fourth-order valence-corrected chi connectivity index (χ4v) is 3.35. The van der Waals surface area contributed by atoms with Crippen LogP contribution >= 0.6 is 0 Å². The Morgan fingerprint density at radius 2 is 1.71 bits per heavy atom. The smallest absolute Gasteiger partial charge is 0.0240 e. The fourth-order valence-electron chi connectivity index (χ4n) is 3.35. The molecule has 0 spiro atoms. The number of fused-ring (bicyclic) bond motifs is 1. The van der Waals surface area contributed by atoms with Gasteiger partial charge in [0.05, 0.1) is 0 Å². The van der Waals surface area contributed by atoms with Crippen LogP contribution in [-0.4, -0.2) is 11.4 Å². The van der Waals surface area contributed by atoms with Gasteiger partial charge in [-0.05, 0) is 34.1 Å². The number of hydrogen-bond donors (Lipinski definition) is 0. The van der Waals surface area contributed by atoms with Crippen LogP contribution in [0, 0.1) is 0 Å². The summed E-state index contributed by atoms with van der Waals surface area (Å²) in [5.74, 6) is 0. The zero-order chi connectivity index (χ0) is 14.9. The van der Waals surface area contributed by atoms with E-state index >= 15 is 0 Å². The maximum atomic E-state index is 2.56. The van der Waals surface area contributed by atoms with Crippen LogP contribution in [0.4, 0.5) is 0 Å². The largest absolute Gasteiger partial charge is 0.294 e. The monoisotopic (exact) mass is 279 g/mol. The summed E-state index contributed by atoms with van der Waals surface area (Å²) >= 11 is 0. The van der Waals surface area contributed by atoms with Gasteiger partial charge in [0.2, 0.25) is 0 Å². The van der Waals surface area contributed by atoms with Crippen LogP contribution in [-0.2, 0) is 24.9 Å². The molecule has 0 fully saturated rings. The Kier molecular flexibility index (Phi) is 3.86. The summed E-state index contributed by atoms with van der Waals surface area (Å²) in [6.07, 6.45) is 1.18. The van der Waals surface area contributed by atoms with E-state index in [1.54, 1.807) is 5.56 Å². The minimum atomic E-state index is 0.243. The first-order valence-corrected chi connectivity index (χ1v) is 7.91. The van der Waals surface area contributed by atoms with Crippen molar-refractivity contribution in [2.45, 2.75) is 45.7 Å². The molecule has 3 rings (SSSR count). The molecule has 0 N–H and O–H groups in total. The van der Waals surface area contributed by atoms with Crippen molar-refractivity contribution in [2.24, 2.45) is 0 Å². The summed E-state index contributed by atoms with van der Waals surface area (Å²) in [4.78, 5) is 2.56. The van der Waals surface area contributed by atoms with Gasteiger partial charge >= 0.3 is 0 Å². The second-order valence-electron chi connectivity index (χ2n) is 7.14. The molecule has 0 saturated heterocycles. The molecule has 2 aromatic carbocycles. The van der Waals surface area contributed by atoms with E-state index < -0.39 is 0 Å². The maximum absolute atomic E-state index is 2.56. The molecule has 0 saturated carbocycles. The van der Waals surface area contributed by atoms with E-state index in [2.05, 4.69) is 74.2 Å². The quantitative estimate of drug-likeness (QED) is 0.780. The molecular weight excluding hydrogens is 254 g/mol. The second-order valence-corrected chi connectivity index (χ2v) is 7.14. The van der Waals surface area contributed by atoms with E-state index in [4.69, 9.17) is 0 Å². The summed E-state index contributed by atoms with van der Waals surface area (Å²) in [6, 6.07) is 17.6. The molecule has 0 bridgehead atoms. The zero-order valence-electron chi connectivity index (χ0n) is 13.4. The van der Waals surface area contributed by atoms with Crippen LogP contribution in [0.1, 0.15) is 43.0 Å². The summed E-state index contributed by atoms with van der Waals surface area (Å²) in [5.41, 5.74) is 6.29. The van der Waals surface area contributed by atoms with Crippen LogP contribution in [0.3, 0.4) is 0 Å². The van der Waals surface area contributed by atoms with E-state index in [-0.39, 0.29) is 5.41 Å². The third kappa shape index (κ3) is 3.19. The lowest BCUT2D eigenvalue weighted by molar-refractivity contribution is 0.244. The minimum absolute atomic E-state index is 0.243. The van der Waals surface area contributed by atoms with E-state index in [9.17, 15) is 0 Å². The van der Waals surface area contributed by atoms with Crippen molar-refractivity contribution in [1.29, 1.82) is 0 Å². The SMILES string of the molecule is CC(C)(C)c1cccc2c1CCN(Cc1ccccc1)C2. The van der Waals surface area contributed by atoms with E-state index in [1.165, 1.54) is 23.1 Å². The first kappa shape index (κ1) is 14.3. The Labute approximate surface area is 128 Å². The molecule has 1 heteroatoms. The molecule has 2 aromatic rings. The highest BCUT2D eigenvalue weighted by molar-refractivity contribution is 5.40. The molecular formula is C20H25N. The molecule has 1 aliphatic rings. The van der Waals surface area contributed by atoms with Crippen molar-refractivity contribution in [1.82, 2.24) is 4.90 Å². The number of rotatable bonds is 2. The molecule has 0 aliphatic carbocycles. The molecule has 110 valence electrons. The topological polar surface area (TPSA) is 3.24 Å². The highest BCUT2D eigenvalue weighted by atomic mass is 15.1. The summed E-state index contributed by atoms with van der Waals surface area (Å²) in [7, 11) is 0. The standard InChI is InChI=1S/C20H25N/c1-20(2,3)19-11-7-10-17-15-21(13-12-18(17)19)14-16-8-5-4-6-9-16/h4-11H,12-15H2,1-3H3. The molecule has 1 heterocycles. The van der Waals surface area contributed by atoms with Crippen LogP contribution in [0.25, 0.3) is 0 Å². The molecule has 0 radical (unpaired) electrons. The molecule has 0 aromatic heterocycles. The Morgan fingerprint density at radius 3 is 2.43 bits per heavy atom. The highest BCUT2D eigenvalue weighted by Crippen LogP contribution is 2.31. The third-order valence-corrected chi connectivity index (χ3v) is 4.40. The van der Waals surface area contributed by atoms with Gasteiger partial charge in [0.25, 0.3) is 0 Å². The van der Waals surface area contributed by atoms with Gasteiger partial charge in [0.15, 0.2) is 0 Å². The zero-order valence-corrected chi connectivity index (χ0v) is 13.4. The van der Waals surface area contributed by atoms with Crippen molar-refractivity contribution >= 4 is 0 Å². The van der Waals surface area contributed by atoms with Gasteiger partial charge in [0, 0.05) is 19.6 Å². The van der Waals surface area contributed by atoms with Crippen molar-refractivity contribution < 1.29 is 0 Å². The summed E-state index contributed by atoms with van der Waals surface area (Å²) in [6.45, 7) is 10.3. The summed E-state index contributed by atoms with van der Waals surface area (Å²) < 4.78 is 0. The lowest BCUT2D eigenvalue weighted by Gasteiger charge is -2.33. The van der Waals surface area contributed by atoms with Gasteiger partial charge in [-0.1, -0.05) is 69.3 Å². The van der Waals surface area contributed by atoms with Crippen LogP contribution in [0.2, 0.25) is 0 Å². The third-order valence-electron chi connectivity index (χ3n) is 4.40. The van der Waals surface area contributed by atoms with Crippen molar-refractivity contribution in [3.63, 3.8) is 0 Å². The molecule has 0 unspecified atom stereocenters. The van der Waals surface area contributed by atoms with Gasteiger partial charge in [-0.15, -0.1) is 0 Å². The Bertz CT molecular complexity index is 607. The van der Waals surface area contributed by atoms with Gasteiger partial charge < -0.3 is 0 Å². The van der Waals surface area contributed by atoms with Crippen molar-refractivity contribution in [3.05, 3.63) is 70.8 Å². The Morgan fingerprint density at radius 1 is 0.952 bits per heavy atom. The Balaban J connectivity index is 1.80. The van der Waals surface area contributed by atoms with Gasteiger partial charge in [-0.3, -0.25) is 4.90 Å². The van der Waals surface area contributed by atoms with E-state index in [0.29, 0.717) is 0 Å². The van der Waals surface area contributed by atoms with Crippen LogP contribution in [0.5, 0.6) is 0 Å². The average molecular weight is 279 g/mol. The van der Waals surface area contributed by atoms with Gasteiger partial charge in [-0.25, -0.2) is 0 Å². The molecule has 21 heavy (non-hydrogen) atoms. The minimum Gasteiger partial charge on any atom is -0.294 e. The van der Waals surface area contributed by atoms with Crippen LogP contribution in [0.15, 0.2) is 48.5 Å². The van der Waals surface area contributed by atoms with E-state index in [1.807, 2.05) is 0 Å². The highest BCUT2D eigenvalue weighted by Gasteiger charge is 2.23. The number of hydrogen-bond acceptors (Lipinski definition) is 1. The lowest BCUT2D eigenvalue weighted by atomic mass is 9.80. The predicted octanol–water partition coefficient (Wildman–Crippen LogP) is 4.54. The van der Waals surface area contributed by atoms with Gasteiger partial charge in [0.1, 0.15) is 0 Å². The van der Waals surface area contributed by atoms with Gasteiger partial charge in [-0.2, -0.15) is 0 Å². The second kappa shape index (κ2) is 5.65. The fraction of sp³-hybridized carbons (Fsp3) is 0.400. The van der Waals surface area contributed by atoms with Crippen molar-refractivity contribution in [3.8, 4) is 0 Å². The molecule has 0 amide bonds. The number of benzene rings is 2. The lowest BCUT2D eigenvalue weighted by Crippen LogP contribution is -2.31. The maximum Gasteiger partial charge on any atom is 0.0240 e. The van der Waals surface area contributed by atoms with Crippen molar-refractivity contribution in [2.75, 3.05) is 6.54 Å². The van der Waals surface area contributed by atoms with Crippen LogP contribution < -0.4 is 0 Å². The normalized spacial score (nSPS) is 15.8. The molecule has 0 atom stereocenters. The first-order chi connectivity index (χ1) is 10.0. The first-order valence-electron chi connectivity index (χ1n) is 7.91. The van der Waals surface area contributed by atoms with E-state index in [0.717, 1.165) is 19.6 Å². The average Bonchev–Trinajstić information content (AvgIpc) is 2.46. The molecule has 1 nitrogen and oxygen atoms in total. The Hall–Kier alpha value is -1.60. The predicted molar refractivity (Wildman–Crippen MR) is 89.4 cm³/mol. The number of nitrogens with zero attached hydrogens (tertiary/aromatic N) is 1. The molecule has 1 aliphatic heterocycles.